The second kappa shape index (κ2) is 11.0. The topological polar surface area (TPSA) is 108 Å². The fraction of sp³-hybridized carbons (Fsp3) is 0.455. The molecule has 170 valence electrons. The van der Waals surface area contributed by atoms with Gasteiger partial charge in [-0.2, -0.15) is 0 Å². The van der Waals surface area contributed by atoms with Crippen molar-refractivity contribution in [2.24, 2.45) is 0 Å². The number of hydrogen-bond acceptors (Lipinski definition) is 8. The summed E-state index contributed by atoms with van der Waals surface area (Å²) in [4.78, 5) is 6.43. The summed E-state index contributed by atoms with van der Waals surface area (Å²) in [6.07, 6.45) is -5.14. The van der Waals surface area contributed by atoms with Crippen LogP contribution in [-0.4, -0.2) is 88.1 Å². The molecule has 4 atom stereocenters. The van der Waals surface area contributed by atoms with Crippen LogP contribution in [0.15, 0.2) is 52.3 Å². The SMILES string of the molecule is CN(CCCN1c2ccccc2Sc2ccc(Cl)cc21)CC(O)C(O)C(O)C(O)CO. The maximum absolute atomic E-state index is 10.2. The molecule has 0 saturated carbocycles. The van der Waals surface area contributed by atoms with Gasteiger partial charge in [0, 0.05) is 27.9 Å². The predicted octanol–water partition coefficient (Wildman–Crippen LogP) is 1.70. The molecule has 0 saturated heterocycles. The van der Waals surface area contributed by atoms with Gasteiger partial charge in [-0.15, -0.1) is 0 Å². The molecule has 0 amide bonds. The number of nitrogens with zero attached hydrogens (tertiary/aromatic N) is 2. The number of para-hydroxylation sites is 1. The van der Waals surface area contributed by atoms with Gasteiger partial charge in [-0.05, 0) is 50.3 Å². The number of aliphatic hydroxyl groups excluding tert-OH is 5. The molecule has 5 N–H and O–H groups in total. The van der Waals surface area contributed by atoms with Crippen LogP contribution in [0.25, 0.3) is 0 Å². The van der Waals surface area contributed by atoms with E-state index >= 15 is 0 Å². The first-order chi connectivity index (χ1) is 14.8. The molecule has 0 bridgehead atoms. The maximum atomic E-state index is 10.2. The number of likely N-dealkylation sites (N-methyl/N-ethyl adjacent to an activating group) is 1. The normalized spacial score (nSPS) is 17.1. The van der Waals surface area contributed by atoms with Crippen LogP contribution < -0.4 is 4.90 Å². The van der Waals surface area contributed by atoms with E-state index in [9.17, 15) is 20.4 Å². The first-order valence-corrected chi connectivity index (χ1v) is 11.4. The van der Waals surface area contributed by atoms with E-state index in [1.807, 2.05) is 42.3 Å². The van der Waals surface area contributed by atoms with E-state index in [-0.39, 0.29) is 6.54 Å². The molecular weight excluding hydrogens is 440 g/mol. The summed E-state index contributed by atoms with van der Waals surface area (Å²) in [5.41, 5.74) is 2.19. The molecule has 4 unspecified atom stereocenters. The molecule has 9 heteroatoms. The third-order valence-corrected chi connectivity index (χ3v) is 6.70. The fourth-order valence-corrected chi connectivity index (χ4v) is 4.87. The summed E-state index contributed by atoms with van der Waals surface area (Å²) in [5, 5.41) is 48.9. The first kappa shape index (κ1) is 24.3. The van der Waals surface area contributed by atoms with Gasteiger partial charge in [-0.25, -0.2) is 0 Å². The third kappa shape index (κ3) is 5.91. The summed E-state index contributed by atoms with van der Waals surface area (Å²) < 4.78 is 0. The van der Waals surface area contributed by atoms with E-state index in [1.54, 1.807) is 11.8 Å². The minimum Gasteiger partial charge on any atom is -0.394 e. The van der Waals surface area contributed by atoms with Crippen LogP contribution in [0.4, 0.5) is 11.4 Å². The summed E-state index contributed by atoms with van der Waals surface area (Å²) in [6.45, 7) is 0.803. The van der Waals surface area contributed by atoms with E-state index in [4.69, 9.17) is 16.7 Å². The highest BCUT2D eigenvalue weighted by molar-refractivity contribution is 7.99. The van der Waals surface area contributed by atoms with Crippen molar-refractivity contribution < 1.29 is 25.5 Å². The van der Waals surface area contributed by atoms with Gasteiger partial charge in [0.2, 0.25) is 0 Å². The molecule has 1 aliphatic heterocycles. The summed E-state index contributed by atoms with van der Waals surface area (Å²) in [5.74, 6) is 0. The van der Waals surface area contributed by atoms with Gasteiger partial charge in [0.25, 0.3) is 0 Å². The Kier molecular flexibility index (Phi) is 8.60. The van der Waals surface area contributed by atoms with Gasteiger partial charge in [0.15, 0.2) is 0 Å². The molecule has 31 heavy (non-hydrogen) atoms. The highest BCUT2D eigenvalue weighted by Crippen LogP contribution is 2.48. The lowest BCUT2D eigenvalue weighted by molar-refractivity contribution is -0.118. The summed E-state index contributed by atoms with van der Waals surface area (Å²) >= 11 is 7.97. The average molecular weight is 469 g/mol. The predicted molar refractivity (Wildman–Crippen MR) is 122 cm³/mol. The lowest BCUT2D eigenvalue weighted by atomic mass is 10.0. The lowest BCUT2D eigenvalue weighted by Crippen LogP contribution is -2.49. The zero-order valence-corrected chi connectivity index (χ0v) is 18.9. The molecule has 0 radical (unpaired) electrons. The standard InChI is InChI=1S/C22H29ClN2O5S/c1-24(12-17(27)21(29)22(30)18(28)13-26)9-4-10-25-15-5-2-3-6-19(15)31-20-8-7-14(23)11-16(20)25/h2-3,5-8,11,17-18,21-22,26-30H,4,9-10,12-13H2,1H3. The van der Waals surface area contributed by atoms with Gasteiger partial charge in [-0.3, -0.25) is 0 Å². The third-order valence-electron chi connectivity index (χ3n) is 5.33. The molecule has 0 aromatic heterocycles. The minimum atomic E-state index is -1.61. The number of halogens is 1. The molecule has 1 aliphatic rings. The van der Waals surface area contributed by atoms with Crippen LogP contribution in [-0.2, 0) is 0 Å². The average Bonchev–Trinajstić information content (AvgIpc) is 2.77. The Morgan fingerprint density at radius 3 is 2.39 bits per heavy atom. The van der Waals surface area contributed by atoms with Gasteiger partial charge in [-0.1, -0.05) is 35.5 Å². The Labute approximate surface area is 191 Å². The molecular formula is C22H29ClN2O5S. The van der Waals surface area contributed by atoms with Crippen molar-refractivity contribution in [3.8, 4) is 0 Å². The highest BCUT2D eigenvalue weighted by Gasteiger charge is 2.30. The second-order valence-electron chi connectivity index (χ2n) is 7.75. The molecule has 1 heterocycles. The van der Waals surface area contributed by atoms with E-state index in [2.05, 4.69) is 17.0 Å². The van der Waals surface area contributed by atoms with Gasteiger partial charge in [0.1, 0.15) is 18.3 Å². The molecule has 3 rings (SSSR count). The number of fused-ring (bicyclic) bond motifs is 2. The first-order valence-electron chi connectivity index (χ1n) is 10.2. The largest absolute Gasteiger partial charge is 0.394 e. The van der Waals surface area contributed by atoms with E-state index < -0.39 is 31.0 Å². The Balaban J connectivity index is 1.60. The van der Waals surface area contributed by atoms with Crippen LogP contribution in [0.5, 0.6) is 0 Å². The minimum absolute atomic E-state index is 0.116. The zero-order valence-electron chi connectivity index (χ0n) is 17.3. The highest BCUT2D eigenvalue weighted by atomic mass is 35.5. The quantitative estimate of drug-likeness (QED) is 0.358. The Bertz CT molecular complexity index is 874. The van der Waals surface area contributed by atoms with E-state index in [0.717, 1.165) is 29.2 Å². The second-order valence-corrected chi connectivity index (χ2v) is 9.27. The van der Waals surface area contributed by atoms with Gasteiger partial charge in [0.05, 0.1) is 24.1 Å². The zero-order chi connectivity index (χ0) is 22.5. The van der Waals surface area contributed by atoms with Crippen LogP contribution in [0.2, 0.25) is 5.02 Å². The monoisotopic (exact) mass is 468 g/mol. The van der Waals surface area contributed by atoms with E-state index in [0.29, 0.717) is 11.6 Å². The van der Waals surface area contributed by atoms with Gasteiger partial charge < -0.3 is 35.3 Å². The van der Waals surface area contributed by atoms with Crippen molar-refractivity contribution >= 4 is 34.7 Å². The number of hydrogen-bond donors (Lipinski definition) is 5. The van der Waals surface area contributed by atoms with Crippen molar-refractivity contribution in [1.29, 1.82) is 0 Å². The summed E-state index contributed by atoms with van der Waals surface area (Å²) in [6, 6.07) is 14.1. The molecule has 2 aromatic rings. The van der Waals surface area contributed by atoms with Crippen molar-refractivity contribution in [2.45, 2.75) is 40.6 Å². The molecule has 2 aromatic carbocycles. The lowest BCUT2D eigenvalue weighted by Gasteiger charge is -2.33. The van der Waals surface area contributed by atoms with Crippen LogP contribution >= 0.6 is 23.4 Å². The van der Waals surface area contributed by atoms with Crippen LogP contribution in [0.3, 0.4) is 0 Å². The maximum Gasteiger partial charge on any atom is 0.111 e. The van der Waals surface area contributed by atoms with Crippen LogP contribution in [0, 0.1) is 0 Å². The number of anilines is 2. The summed E-state index contributed by atoms with van der Waals surface area (Å²) in [7, 11) is 1.82. The van der Waals surface area contributed by atoms with Crippen LogP contribution in [0.1, 0.15) is 6.42 Å². The molecule has 0 fully saturated rings. The Hall–Kier alpha value is -1.36. The molecule has 0 aliphatic carbocycles. The smallest absolute Gasteiger partial charge is 0.111 e. The fourth-order valence-electron chi connectivity index (χ4n) is 3.62. The van der Waals surface area contributed by atoms with E-state index in [1.165, 1.54) is 4.90 Å². The van der Waals surface area contributed by atoms with Crippen molar-refractivity contribution in [2.75, 3.05) is 38.2 Å². The number of aliphatic hydroxyl groups is 5. The van der Waals surface area contributed by atoms with Gasteiger partial charge >= 0.3 is 0 Å². The number of rotatable bonds is 10. The molecule has 0 spiro atoms. The van der Waals surface area contributed by atoms with Crippen molar-refractivity contribution in [3.63, 3.8) is 0 Å². The molecule has 7 nitrogen and oxygen atoms in total. The number of benzene rings is 2. The van der Waals surface area contributed by atoms with Crippen molar-refractivity contribution in [3.05, 3.63) is 47.5 Å². The Morgan fingerprint density at radius 1 is 0.968 bits per heavy atom. The Morgan fingerprint density at radius 2 is 1.65 bits per heavy atom. The van der Waals surface area contributed by atoms with Crippen molar-refractivity contribution in [1.82, 2.24) is 4.90 Å².